The van der Waals surface area contributed by atoms with E-state index in [2.05, 4.69) is 29.2 Å². The molecule has 0 unspecified atom stereocenters. The van der Waals surface area contributed by atoms with E-state index in [9.17, 15) is 0 Å². The van der Waals surface area contributed by atoms with E-state index in [1.54, 1.807) is 7.11 Å². The molecule has 0 aliphatic carbocycles. The largest absolute Gasteiger partial charge is 0.383 e. The Kier molecular flexibility index (Phi) is 5.82. The van der Waals surface area contributed by atoms with E-state index in [1.165, 1.54) is 11.3 Å². The van der Waals surface area contributed by atoms with Gasteiger partial charge in [0.2, 0.25) is 0 Å². The van der Waals surface area contributed by atoms with Crippen molar-refractivity contribution in [3.8, 4) is 0 Å². The van der Waals surface area contributed by atoms with E-state index in [0.717, 1.165) is 26.2 Å². The lowest BCUT2D eigenvalue weighted by molar-refractivity contribution is 0.206. The molecule has 0 aliphatic heterocycles. The molecule has 0 atom stereocenters. The highest BCUT2D eigenvalue weighted by atomic mass is 16.5. The summed E-state index contributed by atoms with van der Waals surface area (Å²) in [5.74, 6) is 0. The maximum atomic E-state index is 5.08. The van der Waals surface area contributed by atoms with Crippen molar-refractivity contribution in [1.82, 2.24) is 10.3 Å². The molecule has 1 rings (SSSR count). The van der Waals surface area contributed by atoms with Crippen LogP contribution in [0.4, 0.5) is 5.69 Å². The summed E-state index contributed by atoms with van der Waals surface area (Å²) in [6, 6.07) is 2.04. The quantitative estimate of drug-likeness (QED) is 0.755. The molecule has 0 aliphatic rings. The third kappa shape index (κ3) is 3.79. The monoisotopic (exact) mass is 223 g/mol. The average molecular weight is 223 g/mol. The fourth-order valence-corrected chi connectivity index (χ4v) is 1.54. The number of nitrogens with one attached hydrogen (secondary N) is 1. The van der Waals surface area contributed by atoms with E-state index in [0.29, 0.717) is 0 Å². The summed E-state index contributed by atoms with van der Waals surface area (Å²) >= 11 is 0. The molecule has 0 amide bonds. The summed E-state index contributed by atoms with van der Waals surface area (Å²) in [5.41, 5.74) is 2.44. The summed E-state index contributed by atoms with van der Waals surface area (Å²) in [4.78, 5) is 6.36. The van der Waals surface area contributed by atoms with Crippen LogP contribution >= 0.6 is 0 Å². The number of anilines is 1. The van der Waals surface area contributed by atoms with Gasteiger partial charge in [0.05, 0.1) is 6.61 Å². The first-order valence-corrected chi connectivity index (χ1v) is 5.63. The zero-order valence-electron chi connectivity index (χ0n) is 10.4. The molecule has 4 nitrogen and oxygen atoms in total. The Balaban J connectivity index is 2.68. The van der Waals surface area contributed by atoms with Crippen molar-refractivity contribution >= 4 is 5.69 Å². The number of rotatable bonds is 7. The number of aromatic nitrogens is 1. The van der Waals surface area contributed by atoms with E-state index < -0.39 is 0 Å². The normalized spacial score (nSPS) is 10.4. The molecule has 1 aromatic heterocycles. The van der Waals surface area contributed by atoms with E-state index in [4.69, 9.17) is 4.74 Å². The summed E-state index contributed by atoms with van der Waals surface area (Å²) in [5, 5.41) is 3.32. The Morgan fingerprint density at radius 2 is 2.31 bits per heavy atom. The predicted octanol–water partition coefficient (Wildman–Crippen LogP) is 1.27. The Morgan fingerprint density at radius 1 is 1.50 bits per heavy atom. The summed E-state index contributed by atoms with van der Waals surface area (Å²) in [7, 11) is 3.80. The molecule has 90 valence electrons. The first-order valence-electron chi connectivity index (χ1n) is 5.63. The lowest BCUT2D eigenvalue weighted by Gasteiger charge is -2.21. The van der Waals surface area contributed by atoms with Crippen LogP contribution in [-0.2, 0) is 11.3 Å². The second-order valence-electron chi connectivity index (χ2n) is 3.70. The van der Waals surface area contributed by atoms with E-state index in [-0.39, 0.29) is 0 Å². The molecule has 0 radical (unpaired) electrons. The maximum Gasteiger partial charge on any atom is 0.0637 e. The first-order chi connectivity index (χ1) is 7.79. The van der Waals surface area contributed by atoms with Crippen LogP contribution in [-0.4, -0.2) is 38.8 Å². The van der Waals surface area contributed by atoms with Gasteiger partial charge in [-0.05, 0) is 12.6 Å². The average Bonchev–Trinajstić information content (AvgIpc) is 2.33. The minimum atomic E-state index is 0.736. The summed E-state index contributed by atoms with van der Waals surface area (Å²) < 4.78 is 5.08. The van der Waals surface area contributed by atoms with Gasteiger partial charge in [-0.3, -0.25) is 4.98 Å². The van der Waals surface area contributed by atoms with Gasteiger partial charge in [-0.15, -0.1) is 0 Å². The zero-order valence-corrected chi connectivity index (χ0v) is 10.4. The molecule has 4 heteroatoms. The van der Waals surface area contributed by atoms with Crippen molar-refractivity contribution in [2.75, 3.05) is 38.8 Å². The fourth-order valence-electron chi connectivity index (χ4n) is 1.54. The lowest BCUT2D eigenvalue weighted by Crippen LogP contribution is -2.24. The molecule has 0 fully saturated rings. The molecule has 1 heterocycles. The van der Waals surface area contributed by atoms with Crippen LogP contribution < -0.4 is 10.2 Å². The van der Waals surface area contributed by atoms with Gasteiger partial charge in [0, 0.05) is 50.9 Å². The molecular weight excluding hydrogens is 202 g/mol. The van der Waals surface area contributed by atoms with Crippen molar-refractivity contribution < 1.29 is 4.74 Å². The van der Waals surface area contributed by atoms with Crippen LogP contribution in [0, 0.1) is 0 Å². The smallest absolute Gasteiger partial charge is 0.0637 e. The molecule has 0 saturated carbocycles. The van der Waals surface area contributed by atoms with E-state index in [1.807, 2.05) is 18.5 Å². The van der Waals surface area contributed by atoms with Crippen molar-refractivity contribution in [2.45, 2.75) is 13.5 Å². The summed E-state index contributed by atoms with van der Waals surface area (Å²) in [6.45, 7) is 5.55. The van der Waals surface area contributed by atoms with Crippen molar-refractivity contribution in [1.29, 1.82) is 0 Å². The highest BCUT2D eigenvalue weighted by Gasteiger charge is 2.06. The Labute approximate surface area is 97.6 Å². The van der Waals surface area contributed by atoms with Crippen LogP contribution in [0.15, 0.2) is 18.5 Å². The van der Waals surface area contributed by atoms with Crippen LogP contribution in [0.2, 0.25) is 0 Å². The number of nitrogens with zero attached hydrogens (tertiary/aromatic N) is 2. The number of hydrogen-bond acceptors (Lipinski definition) is 4. The molecule has 0 spiro atoms. The number of methoxy groups -OCH3 is 1. The Bertz CT molecular complexity index is 304. The maximum absolute atomic E-state index is 5.08. The molecule has 16 heavy (non-hydrogen) atoms. The minimum absolute atomic E-state index is 0.736. The number of ether oxygens (including phenoxy) is 1. The predicted molar refractivity (Wildman–Crippen MR) is 66.8 cm³/mol. The highest BCUT2D eigenvalue weighted by Crippen LogP contribution is 2.17. The van der Waals surface area contributed by atoms with Gasteiger partial charge in [-0.2, -0.15) is 0 Å². The second-order valence-corrected chi connectivity index (χ2v) is 3.70. The number of hydrogen-bond donors (Lipinski definition) is 1. The molecule has 0 bridgehead atoms. The Morgan fingerprint density at radius 3 is 3.00 bits per heavy atom. The van der Waals surface area contributed by atoms with Crippen LogP contribution in [0.3, 0.4) is 0 Å². The van der Waals surface area contributed by atoms with Gasteiger partial charge >= 0.3 is 0 Å². The van der Waals surface area contributed by atoms with E-state index >= 15 is 0 Å². The van der Waals surface area contributed by atoms with Crippen LogP contribution in [0.25, 0.3) is 0 Å². The van der Waals surface area contributed by atoms with Crippen LogP contribution in [0.5, 0.6) is 0 Å². The number of pyridine rings is 1. The molecule has 0 saturated heterocycles. The second kappa shape index (κ2) is 7.19. The molecule has 1 N–H and O–H groups in total. The van der Waals surface area contributed by atoms with Gasteiger partial charge in [-0.1, -0.05) is 6.92 Å². The standard InChI is InChI=1S/C12H21N3O/c1-4-13-9-11-10-14-6-5-12(11)15(2)7-8-16-3/h5-6,10,13H,4,7-9H2,1-3H3. The Hall–Kier alpha value is -1.13. The van der Waals surface area contributed by atoms with Gasteiger partial charge in [0.15, 0.2) is 0 Å². The van der Waals surface area contributed by atoms with Crippen molar-refractivity contribution in [3.05, 3.63) is 24.0 Å². The first kappa shape index (κ1) is 12.9. The van der Waals surface area contributed by atoms with Crippen molar-refractivity contribution in [3.63, 3.8) is 0 Å². The number of likely N-dealkylation sites (N-methyl/N-ethyl adjacent to an activating group) is 1. The van der Waals surface area contributed by atoms with Crippen molar-refractivity contribution in [2.24, 2.45) is 0 Å². The third-order valence-corrected chi connectivity index (χ3v) is 2.49. The third-order valence-electron chi connectivity index (χ3n) is 2.49. The SMILES string of the molecule is CCNCc1cnccc1N(C)CCOC. The fraction of sp³-hybridized carbons (Fsp3) is 0.583. The van der Waals surface area contributed by atoms with Gasteiger partial charge in [0.1, 0.15) is 0 Å². The molecule has 0 aromatic carbocycles. The summed E-state index contributed by atoms with van der Waals surface area (Å²) in [6.07, 6.45) is 3.75. The minimum Gasteiger partial charge on any atom is -0.383 e. The molecule has 1 aromatic rings. The lowest BCUT2D eigenvalue weighted by atomic mass is 10.2. The van der Waals surface area contributed by atoms with Crippen LogP contribution in [0.1, 0.15) is 12.5 Å². The molecular formula is C12H21N3O. The topological polar surface area (TPSA) is 37.4 Å². The van der Waals surface area contributed by atoms with Gasteiger partial charge < -0.3 is 15.0 Å². The van der Waals surface area contributed by atoms with Gasteiger partial charge in [-0.25, -0.2) is 0 Å². The highest BCUT2D eigenvalue weighted by molar-refractivity contribution is 5.51. The van der Waals surface area contributed by atoms with Gasteiger partial charge in [0.25, 0.3) is 0 Å². The zero-order chi connectivity index (χ0) is 11.8.